The number of fused-ring (bicyclic) bond motifs is 1. The summed E-state index contributed by atoms with van der Waals surface area (Å²) in [6.07, 6.45) is 5.47. The fraction of sp³-hybridized carbons (Fsp3) is 0.200. The Morgan fingerprint density at radius 3 is 3.00 bits per heavy atom. The van der Waals surface area contributed by atoms with Crippen molar-refractivity contribution in [3.63, 3.8) is 0 Å². The van der Waals surface area contributed by atoms with Crippen LogP contribution in [0.4, 0.5) is 8.78 Å². The number of imidazole rings is 1. The van der Waals surface area contributed by atoms with Crippen LogP contribution in [-0.2, 0) is 6.54 Å². The highest BCUT2D eigenvalue weighted by molar-refractivity contribution is 5.96. The molecular weight excluding hydrogens is 320 g/mol. The van der Waals surface area contributed by atoms with Crippen LogP contribution in [0.2, 0.25) is 0 Å². The summed E-state index contributed by atoms with van der Waals surface area (Å²) in [7, 11) is 0. The van der Waals surface area contributed by atoms with E-state index in [9.17, 15) is 13.6 Å². The smallest absolute Gasteiger partial charge is 0.272 e. The number of pyridine rings is 1. The van der Waals surface area contributed by atoms with Crippen molar-refractivity contribution in [2.24, 2.45) is 0 Å². The van der Waals surface area contributed by atoms with Crippen LogP contribution >= 0.6 is 0 Å². The van der Waals surface area contributed by atoms with Crippen LogP contribution in [-0.4, -0.2) is 38.3 Å². The molecule has 124 valence electrons. The highest BCUT2D eigenvalue weighted by Crippen LogP contribution is 2.15. The van der Waals surface area contributed by atoms with Crippen molar-refractivity contribution in [3.05, 3.63) is 54.2 Å². The molecule has 0 radical (unpaired) electrons. The number of alkyl halides is 2. The molecule has 3 aromatic rings. The molecule has 3 aromatic heterocycles. The van der Waals surface area contributed by atoms with Crippen LogP contribution in [0, 0.1) is 0 Å². The Kier molecular flexibility index (Phi) is 4.59. The number of halogens is 2. The normalized spacial score (nSPS) is 11.0. The molecule has 0 saturated carbocycles. The van der Waals surface area contributed by atoms with Crippen LogP contribution < -0.4 is 10.1 Å². The Morgan fingerprint density at radius 1 is 1.29 bits per heavy atom. The third-order valence-corrected chi connectivity index (χ3v) is 3.11. The second-order valence-corrected chi connectivity index (χ2v) is 4.84. The lowest BCUT2D eigenvalue weighted by Gasteiger charge is -2.10. The first-order chi connectivity index (χ1) is 11.6. The highest BCUT2D eigenvalue weighted by atomic mass is 19.3. The van der Waals surface area contributed by atoms with Crippen LogP contribution in [0.15, 0.2) is 43.1 Å². The molecule has 0 fully saturated rings. The number of amides is 1. The third kappa shape index (κ3) is 3.62. The lowest BCUT2D eigenvalue weighted by atomic mass is 10.2. The van der Waals surface area contributed by atoms with Gasteiger partial charge in [0.2, 0.25) is 11.7 Å². The number of carbonyl (C=O) groups is 1. The zero-order chi connectivity index (χ0) is 16.9. The summed E-state index contributed by atoms with van der Waals surface area (Å²) in [6.45, 7) is -0.609. The number of hydrogen-bond donors (Lipinski definition) is 1. The summed E-state index contributed by atoms with van der Waals surface area (Å²) in [5, 5.41) is 2.68. The van der Waals surface area contributed by atoms with Crippen molar-refractivity contribution in [3.8, 4) is 5.88 Å². The zero-order valence-electron chi connectivity index (χ0n) is 12.4. The van der Waals surface area contributed by atoms with E-state index in [-0.39, 0.29) is 18.0 Å². The minimum Gasteiger partial charge on any atom is -0.471 e. The molecule has 3 heterocycles. The molecule has 1 amide bonds. The first kappa shape index (κ1) is 15.8. The summed E-state index contributed by atoms with van der Waals surface area (Å²) in [6, 6.07) is 2.99. The fourth-order valence-electron chi connectivity index (χ4n) is 2.05. The number of carbonyl (C=O) groups excluding carboxylic acids is 1. The summed E-state index contributed by atoms with van der Waals surface area (Å²) in [5.41, 5.74) is 0.850. The maximum atomic E-state index is 12.3. The van der Waals surface area contributed by atoms with Crippen molar-refractivity contribution >= 4 is 11.7 Å². The molecule has 1 N–H and O–H groups in total. The molecule has 9 heteroatoms. The van der Waals surface area contributed by atoms with E-state index < -0.39 is 18.9 Å². The second kappa shape index (κ2) is 6.99. The lowest BCUT2D eigenvalue weighted by Crippen LogP contribution is -2.24. The number of hydrogen-bond acceptors (Lipinski definition) is 5. The van der Waals surface area contributed by atoms with Crippen molar-refractivity contribution < 1.29 is 18.3 Å². The van der Waals surface area contributed by atoms with Gasteiger partial charge in [0.15, 0.2) is 6.61 Å². The van der Waals surface area contributed by atoms with Crippen LogP contribution in [0.5, 0.6) is 5.88 Å². The van der Waals surface area contributed by atoms with Crippen LogP contribution in [0.1, 0.15) is 15.9 Å². The van der Waals surface area contributed by atoms with Gasteiger partial charge in [-0.25, -0.2) is 23.7 Å². The summed E-state index contributed by atoms with van der Waals surface area (Å²) < 4.78 is 31.1. The lowest BCUT2D eigenvalue weighted by molar-refractivity contribution is 0.0772. The summed E-state index contributed by atoms with van der Waals surface area (Å²) in [4.78, 5) is 24.2. The van der Waals surface area contributed by atoms with Gasteiger partial charge in [-0.1, -0.05) is 0 Å². The number of nitrogens with zero attached hydrogens (tertiary/aromatic N) is 4. The maximum absolute atomic E-state index is 12.3. The van der Waals surface area contributed by atoms with Gasteiger partial charge in [0.1, 0.15) is 5.56 Å². The molecule has 0 aliphatic heterocycles. The largest absolute Gasteiger partial charge is 0.471 e. The monoisotopic (exact) mass is 333 g/mol. The molecule has 24 heavy (non-hydrogen) atoms. The molecule has 0 saturated heterocycles. The van der Waals surface area contributed by atoms with E-state index in [2.05, 4.69) is 20.3 Å². The number of nitrogens with one attached hydrogen (secondary N) is 1. The first-order valence-corrected chi connectivity index (χ1v) is 7.05. The molecule has 7 nitrogen and oxygen atoms in total. The minimum atomic E-state index is -2.64. The van der Waals surface area contributed by atoms with E-state index in [1.165, 1.54) is 18.3 Å². The zero-order valence-corrected chi connectivity index (χ0v) is 12.4. The van der Waals surface area contributed by atoms with Gasteiger partial charge < -0.3 is 10.1 Å². The average molecular weight is 333 g/mol. The quantitative estimate of drug-likeness (QED) is 0.742. The Bertz CT molecular complexity index is 853. The van der Waals surface area contributed by atoms with Crippen LogP contribution in [0.25, 0.3) is 5.78 Å². The highest BCUT2D eigenvalue weighted by Gasteiger charge is 2.15. The van der Waals surface area contributed by atoms with Gasteiger partial charge in [-0.3, -0.25) is 9.20 Å². The second-order valence-electron chi connectivity index (χ2n) is 4.84. The third-order valence-electron chi connectivity index (χ3n) is 3.11. The van der Waals surface area contributed by atoms with E-state index in [1.807, 2.05) is 0 Å². The molecule has 0 aromatic carbocycles. The van der Waals surface area contributed by atoms with Gasteiger partial charge in [0.05, 0.1) is 0 Å². The number of rotatable bonds is 6. The van der Waals surface area contributed by atoms with Crippen molar-refractivity contribution in [2.45, 2.75) is 13.0 Å². The number of ether oxygens (including phenoxy) is 1. The predicted octanol–water partition coefficient (Wildman–Crippen LogP) is 1.70. The van der Waals surface area contributed by atoms with E-state index >= 15 is 0 Å². The predicted molar refractivity (Wildman–Crippen MR) is 79.9 cm³/mol. The molecule has 0 unspecified atom stereocenters. The van der Waals surface area contributed by atoms with Crippen molar-refractivity contribution in [2.75, 3.05) is 6.61 Å². The molecule has 0 aliphatic rings. The first-order valence-electron chi connectivity index (χ1n) is 7.05. The van der Waals surface area contributed by atoms with Gasteiger partial charge in [-0.05, 0) is 12.1 Å². The van der Waals surface area contributed by atoms with E-state index in [4.69, 9.17) is 4.74 Å². The fourth-order valence-corrected chi connectivity index (χ4v) is 2.05. The molecule has 0 aliphatic carbocycles. The SMILES string of the molecule is O=C(NCc1cnc2nccn2c1)c1cccnc1OCC(F)F. The number of aromatic nitrogens is 4. The molecule has 0 bridgehead atoms. The van der Waals surface area contributed by atoms with Crippen molar-refractivity contribution in [1.29, 1.82) is 0 Å². The van der Waals surface area contributed by atoms with Gasteiger partial charge in [0, 0.05) is 43.1 Å². The van der Waals surface area contributed by atoms with E-state index in [0.29, 0.717) is 5.78 Å². The van der Waals surface area contributed by atoms with Gasteiger partial charge in [-0.15, -0.1) is 0 Å². The van der Waals surface area contributed by atoms with Gasteiger partial charge in [-0.2, -0.15) is 0 Å². The Labute approximate surface area is 135 Å². The van der Waals surface area contributed by atoms with Gasteiger partial charge >= 0.3 is 0 Å². The van der Waals surface area contributed by atoms with Gasteiger partial charge in [0.25, 0.3) is 12.3 Å². The standard InChI is InChI=1S/C15H13F2N5O2/c16-12(17)9-24-14-11(2-1-3-18-14)13(23)20-6-10-7-21-15-19-4-5-22(15)8-10/h1-5,7-8,12H,6,9H2,(H,20,23). The Hall–Kier alpha value is -3.10. The van der Waals surface area contributed by atoms with E-state index in [1.54, 1.807) is 29.2 Å². The Balaban J connectivity index is 1.68. The molecule has 0 atom stereocenters. The molecule has 0 spiro atoms. The minimum absolute atomic E-state index is 0.0924. The average Bonchev–Trinajstić information content (AvgIpc) is 3.05. The van der Waals surface area contributed by atoms with Crippen LogP contribution in [0.3, 0.4) is 0 Å². The molecule has 3 rings (SSSR count). The summed E-state index contributed by atoms with van der Waals surface area (Å²) >= 11 is 0. The van der Waals surface area contributed by atoms with Crippen molar-refractivity contribution in [1.82, 2.24) is 24.7 Å². The summed E-state index contributed by atoms with van der Waals surface area (Å²) in [5.74, 6) is -0.0448. The van der Waals surface area contributed by atoms with E-state index in [0.717, 1.165) is 5.56 Å². The maximum Gasteiger partial charge on any atom is 0.272 e. The Morgan fingerprint density at radius 2 is 2.17 bits per heavy atom. The molecular formula is C15H13F2N5O2. The topological polar surface area (TPSA) is 81.4 Å².